The molecule has 0 bridgehead atoms. The van der Waals surface area contributed by atoms with Crippen molar-refractivity contribution in [1.82, 2.24) is 20.4 Å². The van der Waals surface area contributed by atoms with Crippen molar-refractivity contribution in [3.63, 3.8) is 0 Å². The first-order valence-electron chi connectivity index (χ1n) is 9.36. The van der Waals surface area contributed by atoms with Gasteiger partial charge in [0, 0.05) is 38.8 Å². The van der Waals surface area contributed by atoms with Crippen LogP contribution in [0.5, 0.6) is 0 Å². The Bertz CT molecular complexity index is 556. The number of carbonyl (C=O) groups is 1. The molecular weight excluding hydrogens is 300 g/mol. The molecular formula is C19H28N4O. The van der Waals surface area contributed by atoms with E-state index in [1.165, 1.54) is 18.4 Å². The van der Waals surface area contributed by atoms with Crippen LogP contribution in [0.3, 0.4) is 0 Å². The van der Waals surface area contributed by atoms with Crippen LogP contribution < -0.4 is 10.6 Å². The van der Waals surface area contributed by atoms with Gasteiger partial charge in [-0.2, -0.15) is 0 Å². The average Bonchev–Trinajstić information content (AvgIpc) is 2.63. The molecule has 3 atom stereocenters. The number of hydrogen-bond donors (Lipinski definition) is 2. The van der Waals surface area contributed by atoms with Crippen LogP contribution in [0.15, 0.2) is 30.3 Å². The highest BCUT2D eigenvalue weighted by atomic mass is 16.2. The molecule has 130 valence electrons. The Labute approximate surface area is 144 Å². The second-order valence-corrected chi connectivity index (χ2v) is 7.37. The van der Waals surface area contributed by atoms with E-state index in [-0.39, 0.29) is 18.1 Å². The van der Waals surface area contributed by atoms with Gasteiger partial charge in [0.05, 0.1) is 5.92 Å². The third-order valence-electron chi connectivity index (χ3n) is 5.77. The fraction of sp³-hybridized carbons (Fsp3) is 0.632. The van der Waals surface area contributed by atoms with Crippen molar-refractivity contribution in [3.05, 3.63) is 35.9 Å². The number of hydrogen-bond acceptors (Lipinski definition) is 4. The van der Waals surface area contributed by atoms with Crippen LogP contribution in [-0.4, -0.2) is 54.2 Å². The zero-order valence-corrected chi connectivity index (χ0v) is 14.3. The number of carbonyl (C=O) groups excluding carboxylic acids is 1. The van der Waals surface area contributed by atoms with Crippen molar-refractivity contribution < 1.29 is 4.79 Å². The van der Waals surface area contributed by atoms with E-state index in [1.54, 1.807) is 0 Å². The van der Waals surface area contributed by atoms with E-state index in [2.05, 4.69) is 50.8 Å². The Morgan fingerprint density at radius 2 is 1.75 bits per heavy atom. The van der Waals surface area contributed by atoms with E-state index >= 15 is 0 Å². The summed E-state index contributed by atoms with van der Waals surface area (Å²) in [6.45, 7) is 5.13. The molecule has 1 amide bonds. The molecule has 1 aliphatic carbocycles. The van der Waals surface area contributed by atoms with Gasteiger partial charge < -0.3 is 5.32 Å². The molecule has 0 aromatic heterocycles. The van der Waals surface area contributed by atoms with Gasteiger partial charge in [0.15, 0.2) is 0 Å². The fourth-order valence-electron chi connectivity index (χ4n) is 4.35. The van der Waals surface area contributed by atoms with Gasteiger partial charge in [-0.3, -0.25) is 19.9 Å². The molecule has 5 nitrogen and oxygen atoms in total. The number of rotatable bonds is 3. The minimum Gasteiger partial charge on any atom is -0.328 e. The number of amides is 1. The molecule has 2 N–H and O–H groups in total. The van der Waals surface area contributed by atoms with Gasteiger partial charge >= 0.3 is 0 Å². The standard InChI is InChI=1S/C19H28N4O/c24-18-16-8-4-5-9-17(16)20-19(21-18)23-12-10-22(11-13-23)14-15-6-2-1-3-7-15/h1-3,6-7,16-17,19-20H,4-5,8-14H2,(H,21,24). The summed E-state index contributed by atoms with van der Waals surface area (Å²) in [6, 6.07) is 11.0. The lowest BCUT2D eigenvalue weighted by Gasteiger charge is -2.46. The number of nitrogens with one attached hydrogen (secondary N) is 2. The molecule has 2 heterocycles. The van der Waals surface area contributed by atoms with Crippen LogP contribution in [0.4, 0.5) is 0 Å². The minimum atomic E-state index is 0.0238. The van der Waals surface area contributed by atoms with Crippen LogP contribution in [-0.2, 0) is 11.3 Å². The van der Waals surface area contributed by atoms with E-state index in [9.17, 15) is 4.79 Å². The van der Waals surface area contributed by atoms with Crippen molar-refractivity contribution >= 4 is 5.91 Å². The summed E-state index contributed by atoms with van der Waals surface area (Å²) in [4.78, 5) is 17.3. The molecule has 1 aromatic rings. The number of piperazine rings is 1. The summed E-state index contributed by atoms with van der Waals surface area (Å²) in [5.74, 6) is 0.449. The Morgan fingerprint density at radius 3 is 2.54 bits per heavy atom. The topological polar surface area (TPSA) is 47.6 Å². The second kappa shape index (κ2) is 7.21. The SMILES string of the molecule is O=C1NC(N2CCN(Cc3ccccc3)CC2)NC2CCCCC12. The molecule has 3 unspecified atom stereocenters. The molecule has 3 fully saturated rings. The van der Waals surface area contributed by atoms with Crippen molar-refractivity contribution in [2.24, 2.45) is 5.92 Å². The molecule has 2 saturated heterocycles. The molecule has 1 aromatic carbocycles. The monoisotopic (exact) mass is 328 g/mol. The van der Waals surface area contributed by atoms with E-state index in [4.69, 9.17) is 0 Å². The fourth-order valence-corrected chi connectivity index (χ4v) is 4.35. The van der Waals surface area contributed by atoms with Crippen molar-refractivity contribution in [3.8, 4) is 0 Å². The average molecular weight is 328 g/mol. The minimum absolute atomic E-state index is 0.0238. The van der Waals surface area contributed by atoms with Crippen LogP contribution in [0, 0.1) is 5.92 Å². The van der Waals surface area contributed by atoms with Gasteiger partial charge in [0.25, 0.3) is 0 Å². The van der Waals surface area contributed by atoms with Gasteiger partial charge in [-0.15, -0.1) is 0 Å². The van der Waals surface area contributed by atoms with Gasteiger partial charge in [-0.1, -0.05) is 43.2 Å². The van der Waals surface area contributed by atoms with Gasteiger partial charge in [0.1, 0.15) is 6.29 Å². The summed E-state index contributed by atoms with van der Waals surface area (Å²) in [5, 5.41) is 6.90. The first-order chi connectivity index (χ1) is 11.8. The zero-order valence-electron chi connectivity index (χ0n) is 14.3. The molecule has 1 saturated carbocycles. The molecule has 0 radical (unpaired) electrons. The third kappa shape index (κ3) is 3.48. The Morgan fingerprint density at radius 1 is 1.00 bits per heavy atom. The maximum absolute atomic E-state index is 12.4. The predicted molar refractivity (Wildman–Crippen MR) is 94.1 cm³/mol. The highest BCUT2D eigenvalue weighted by Gasteiger charge is 2.39. The van der Waals surface area contributed by atoms with E-state index in [1.807, 2.05) is 0 Å². The smallest absolute Gasteiger partial charge is 0.226 e. The molecule has 3 aliphatic rings. The summed E-state index contributed by atoms with van der Waals surface area (Å²) in [7, 11) is 0. The molecule has 5 heteroatoms. The number of nitrogens with zero attached hydrogens (tertiary/aromatic N) is 2. The van der Waals surface area contributed by atoms with Gasteiger partial charge in [-0.05, 0) is 18.4 Å². The largest absolute Gasteiger partial charge is 0.328 e. The van der Waals surface area contributed by atoms with Crippen LogP contribution in [0.25, 0.3) is 0 Å². The highest BCUT2D eigenvalue weighted by Crippen LogP contribution is 2.27. The first kappa shape index (κ1) is 16.1. The normalized spacial score (nSPS) is 32.2. The maximum Gasteiger partial charge on any atom is 0.226 e. The lowest BCUT2D eigenvalue weighted by atomic mass is 9.82. The summed E-state index contributed by atoms with van der Waals surface area (Å²) < 4.78 is 0. The van der Waals surface area contributed by atoms with E-state index < -0.39 is 0 Å². The third-order valence-corrected chi connectivity index (χ3v) is 5.77. The van der Waals surface area contributed by atoms with Crippen LogP contribution in [0.1, 0.15) is 31.2 Å². The van der Waals surface area contributed by atoms with Gasteiger partial charge in [-0.25, -0.2) is 0 Å². The molecule has 0 spiro atoms. The van der Waals surface area contributed by atoms with Crippen LogP contribution in [0.2, 0.25) is 0 Å². The summed E-state index contributed by atoms with van der Waals surface area (Å²) in [6.07, 6.45) is 4.65. The molecule has 4 rings (SSSR count). The van der Waals surface area contributed by atoms with E-state index in [0.717, 1.165) is 45.6 Å². The summed E-state index contributed by atoms with van der Waals surface area (Å²) in [5.41, 5.74) is 1.38. The zero-order chi connectivity index (χ0) is 16.4. The quantitative estimate of drug-likeness (QED) is 0.880. The first-order valence-corrected chi connectivity index (χ1v) is 9.36. The van der Waals surface area contributed by atoms with Crippen molar-refractivity contribution in [1.29, 1.82) is 0 Å². The lowest BCUT2D eigenvalue weighted by molar-refractivity contribution is -0.134. The number of benzene rings is 1. The highest BCUT2D eigenvalue weighted by molar-refractivity contribution is 5.80. The van der Waals surface area contributed by atoms with Gasteiger partial charge in [0.2, 0.25) is 5.91 Å². The Balaban J connectivity index is 1.30. The molecule has 24 heavy (non-hydrogen) atoms. The van der Waals surface area contributed by atoms with Crippen molar-refractivity contribution in [2.75, 3.05) is 26.2 Å². The van der Waals surface area contributed by atoms with Crippen molar-refractivity contribution in [2.45, 2.75) is 44.6 Å². The van der Waals surface area contributed by atoms with E-state index in [0.29, 0.717) is 6.04 Å². The maximum atomic E-state index is 12.4. The molecule has 2 aliphatic heterocycles. The Hall–Kier alpha value is -1.43. The lowest BCUT2D eigenvalue weighted by Crippen LogP contribution is -2.69. The summed E-state index contributed by atoms with van der Waals surface area (Å²) >= 11 is 0. The second-order valence-electron chi connectivity index (χ2n) is 7.37. The Kier molecular flexibility index (Phi) is 4.83. The number of fused-ring (bicyclic) bond motifs is 1. The van der Waals surface area contributed by atoms with Crippen LogP contribution >= 0.6 is 0 Å². The predicted octanol–water partition coefficient (Wildman–Crippen LogP) is 1.37.